The van der Waals surface area contributed by atoms with Gasteiger partial charge in [0.2, 0.25) is 0 Å². The first-order valence-corrected chi connectivity index (χ1v) is 5.82. The molecule has 4 rings (SSSR count). The van der Waals surface area contributed by atoms with Crippen LogP contribution in [-0.4, -0.2) is 36.8 Å². The zero-order chi connectivity index (χ0) is 11.9. The number of epoxide rings is 1. The normalized spacial score (nSPS) is 18.3. The Kier molecular flexibility index (Phi) is 1.98. The first-order chi connectivity index (χ1) is 8.92. The number of imidazole rings is 1. The molecule has 18 heavy (non-hydrogen) atoms. The van der Waals surface area contributed by atoms with Crippen LogP contribution in [0, 0.1) is 0 Å². The van der Waals surface area contributed by atoms with Crippen LogP contribution in [0.1, 0.15) is 0 Å². The summed E-state index contributed by atoms with van der Waals surface area (Å²) < 4.78 is 9.19. The van der Waals surface area contributed by atoms with E-state index in [1.807, 2.05) is 33.7 Å². The first kappa shape index (κ1) is 9.78. The molecule has 0 N–H and O–H groups in total. The smallest absolute Gasteiger partial charge is 0.168 e. The maximum Gasteiger partial charge on any atom is 0.168 e. The van der Waals surface area contributed by atoms with Crippen LogP contribution >= 0.6 is 0 Å². The van der Waals surface area contributed by atoms with Gasteiger partial charge in [-0.15, -0.1) is 0 Å². The second kappa shape index (κ2) is 3.64. The number of nitrogens with zero attached hydrogens (tertiary/aromatic N) is 5. The minimum atomic E-state index is 0.312. The fourth-order valence-electron chi connectivity index (χ4n) is 2.06. The van der Waals surface area contributed by atoms with Crippen LogP contribution in [0.5, 0.6) is 0 Å². The van der Waals surface area contributed by atoms with E-state index < -0.39 is 0 Å². The zero-order valence-corrected chi connectivity index (χ0v) is 9.60. The van der Waals surface area contributed by atoms with E-state index in [0.29, 0.717) is 6.10 Å². The largest absolute Gasteiger partial charge is 0.371 e. The van der Waals surface area contributed by atoms with Crippen molar-refractivity contribution in [3.8, 4) is 5.82 Å². The summed E-state index contributed by atoms with van der Waals surface area (Å²) in [6.45, 7) is 1.63. The number of ether oxygens (including phenoxy) is 1. The SMILES string of the molecule is c1ccn(-c2ncnc3c2ncn3CC2CO2)c1. The van der Waals surface area contributed by atoms with Crippen molar-refractivity contribution in [2.75, 3.05) is 6.61 Å². The van der Waals surface area contributed by atoms with Crippen LogP contribution in [0.2, 0.25) is 0 Å². The average molecular weight is 241 g/mol. The Morgan fingerprint density at radius 3 is 2.83 bits per heavy atom. The molecule has 1 aliphatic heterocycles. The van der Waals surface area contributed by atoms with Crippen molar-refractivity contribution in [2.24, 2.45) is 0 Å². The molecule has 0 aliphatic carbocycles. The summed E-state index contributed by atoms with van der Waals surface area (Å²) in [5.74, 6) is 0.806. The van der Waals surface area contributed by atoms with Crippen LogP contribution in [0.4, 0.5) is 0 Å². The third-order valence-electron chi connectivity index (χ3n) is 3.03. The predicted octanol–water partition coefficient (Wildman–Crippen LogP) is 1.02. The Hall–Kier alpha value is -2.21. The van der Waals surface area contributed by atoms with E-state index in [9.17, 15) is 0 Å². The Bertz CT molecular complexity index is 684. The van der Waals surface area contributed by atoms with Crippen molar-refractivity contribution in [3.05, 3.63) is 37.2 Å². The molecule has 0 spiro atoms. The van der Waals surface area contributed by atoms with Gasteiger partial charge in [-0.1, -0.05) is 0 Å². The fourth-order valence-corrected chi connectivity index (χ4v) is 2.06. The standard InChI is InChI=1S/C12H11N5O/c1-2-4-16(3-1)11-10-12(14-7-13-11)17(8-15-10)5-9-6-18-9/h1-4,7-9H,5-6H2. The van der Waals surface area contributed by atoms with Gasteiger partial charge in [-0.2, -0.15) is 0 Å². The van der Waals surface area contributed by atoms with E-state index in [1.165, 1.54) is 0 Å². The summed E-state index contributed by atoms with van der Waals surface area (Å²) in [4.78, 5) is 13.0. The molecule has 3 aromatic rings. The van der Waals surface area contributed by atoms with Crippen LogP contribution in [0.25, 0.3) is 17.0 Å². The van der Waals surface area contributed by atoms with Gasteiger partial charge in [0.15, 0.2) is 17.0 Å². The highest BCUT2D eigenvalue weighted by Gasteiger charge is 2.24. The molecule has 0 saturated carbocycles. The third kappa shape index (κ3) is 1.50. The lowest BCUT2D eigenvalue weighted by Crippen LogP contribution is -2.04. The van der Waals surface area contributed by atoms with Gasteiger partial charge in [0.25, 0.3) is 0 Å². The van der Waals surface area contributed by atoms with Gasteiger partial charge >= 0.3 is 0 Å². The van der Waals surface area contributed by atoms with Gasteiger partial charge < -0.3 is 13.9 Å². The highest BCUT2D eigenvalue weighted by molar-refractivity contribution is 5.78. The molecule has 0 aromatic carbocycles. The third-order valence-corrected chi connectivity index (χ3v) is 3.03. The van der Waals surface area contributed by atoms with Crippen molar-refractivity contribution >= 4 is 11.2 Å². The maximum atomic E-state index is 5.24. The molecule has 0 radical (unpaired) electrons. The summed E-state index contributed by atoms with van der Waals surface area (Å²) in [5, 5.41) is 0. The summed E-state index contributed by atoms with van der Waals surface area (Å²) in [7, 11) is 0. The minimum absolute atomic E-state index is 0.312. The van der Waals surface area contributed by atoms with E-state index >= 15 is 0 Å². The molecule has 4 heterocycles. The van der Waals surface area contributed by atoms with Crippen LogP contribution < -0.4 is 0 Å². The molecule has 1 atom stereocenters. The zero-order valence-electron chi connectivity index (χ0n) is 9.60. The highest BCUT2D eigenvalue weighted by atomic mass is 16.6. The monoisotopic (exact) mass is 241 g/mol. The summed E-state index contributed by atoms with van der Waals surface area (Å²) in [6.07, 6.45) is 7.58. The van der Waals surface area contributed by atoms with Crippen molar-refractivity contribution in [1.82, 2.24) is 24.1 Å². The molecule has 3 aromatic heterocycles. The Balaban J connectivity index is 1.86. The molecule has 6 heteroatoms. The Labute approximate surface area is 103 Å². The molecular weight excluding hydrogens is 230 g/mol. The van der Waals surface area contributed by atoms with E-state index in [2.05, 4.69) is 15.0 Å². The lowest BCUT2D eigenvalue weighted by atomic mass is 10.4. The fraction of sp³-hybridized carbons (Fsp3) is 0.250. The van der Waals surface area contributed by atoms with Crippen LogP contribution in [-0.2, 0) is 11.3 Å². The second-order valence-corrected chi connectivity index (χ2v) is 4.31. The highest BCUT2D eigenvalue weighted by Crippen LogP contribution is 2.19. The number of hydrogen-bond donors (Lipinski definition) is 0. The molecule has 6 nitrogen and oxygen atoms in total. The summed E-state index contributed by atoms with van der Waals surface area (Å²) in [6, 6.07) is 3.92. The van der Waals surface area contributed by atoms with Gasteiger partial charge in [-0.3, -0.25) is 0 Å². The van der Waals surface area contributed by atoms with Crippen LogP contribution in [0.15, 0.2) is 37.2 Å². The van der Waals surface area contributed by atoms with Gasteiger partial charge in [-0.05, 0) is 12.1 Å². The van der Waals surface area contributed by atoms with Gasteiger partial charge in [-0.25, -0.2) is 15.0 Å². The first-order valence-electron chi connectivity index (χ1n) is 5.82. The molecule has 0 amide bonds. The maximum absolute atomic E-state index is 5.24. The lowest BCUT2D eigenvalue weighted by molar-refractivity contribution is 0.384. The number of rotatable bonds is 3. The van der Waals surface area contributed by atoms with Crippen molar-refractivity contribution in [3.63, 3.8) is 0 Å². The molecule has 90 valence electrons. The Morgan fingerprint density at radius 2 is 2.06 bits per heavy atom. The van der Waals surface area contributed by atoms with Gasteiger partial charge in [0.1, 0.15) is 6.33 Å². The second-order valence-electron chi connectivity index (χ2n) is 4.31. The number of aromatic nitrogens is 5. The average Bonchev–Trinajstić information content (AvgIpc) is 2.91. The molecule has 1 saturated heterocycles. The molecule has 1 aliphatic rings. The number of hydrogen-bond acceptors (Lipinski definition) is 4. The van der Waals surface area contributed by atoms with Gasteiger partial charge in [0.05, 0.1) is 25.6 Å². The van der Waals surface area contributed by atoms with Crippen LogP contribution in [0.3, 0.4) is 0 Å². The van der Waals surface area contributed by atoms with E-state index in [-0.39, 0.29) is 0 Å². The molecular formula is C12H11N5O. The van der Waals surface area contributed by atoms with E-state index in [4.69, 9.17) is 4.74 Å². The quantitative estimate of drug-likeness (QED) is 0.642. The van der Waals surface area contributed by atoms with Gasteiger partial charge in [0, 0.05) is 12.4 Å². The Morgan fingerprint density at radius 1 is 1.22 bits per heavy atom. The van der Waals surface area contributed by atoms with E-state index in [0.717, 1.165) is 30.1 Å². The molecule has 1 fully saturated rings. The summed E-state index contributed by atoms with van der Waals surface area (Å²) in [5.41, 5.74) is 1.67. The molecule has 1 unspecified atom stereocenters. The summed E-state index contributed by atoms with van der Waals surface area (Å²) >= 11 is 0. The topological polar surface area (TPSA) is 61.1 Å². The predicted molar refractivity (Wildman–Crippen MR) is 64.4 cm³/mol. The number of fused-ring (bicyclic) bond motifs is 1. The van der Waals surface area contributed by atoms with Crippen molar-refractivity contribution in [1.29, 1.82) is 0 Å². The van der Waals surface area contributed by atoms with Crippen molar-refractivity contribution < 1.29 is 4.74 Å². The minimum Gasteiger partial charge on any atom is -0.371 e. The molecule has 0 bridgehead atoms. The van der Waals surface area contributed by atoms with Crippen molar-refractivity contribution in [2.45, 2.75) is 12.6 Å². The lowest BCUT2D eigenvalue weighted by Gasteiger charge is -2.03. The van der Waals surface area contributed by atoms with E-state index in [1.54, 1.807) is 12.7 Å².